The minimum absolute atomic E-state index is 0.734. The fourth-order valence-electron chi connectivity index (χ4n) is 2.62. The van der Waals surface area contributed by atoms with Gasteiger partial charge in [0.2, 0.25) is 0 Å². The summed E-state index contributed by atoms with van der Waals surface area (Å²) < 4.78 is 5.50. The molecule has 0 unspecified atom stereocenters. The lowest BCUT2D eigenvalue weighted by molar-refractivity contribution is 0.221. The maximum absolute atomic E-state index is 5.50. The summed E-state index contributed by atoms with van der Waals surface area (Å²) in [6, 6.07) is 16.2. The van der Waals surface area contributed by atoms with Gasteiger partial charge in [0.1, 0.15) is 5.76 Å². The Morgan fingerprint density at radius 1 is 0.783 bits per heavy atom. The molecule has 3 rings (SSSR count). The molecule has 0 amide bonds. The van der Waals surface area contributed by atoms with Gasteiger partial charge in [0.15, 0.2) is 0 Å². The predicted octanol–water partition coefficient (Wildman–Crippen LogP) is 3.89. The maximum atomic E-state index is 5.50. The van der Waals surface area contributed by atoms with Crippen molar-refractivity contribution in [1.29, 1.82) is 0 Å². The van der Waals surface area contributed by atoms with Crippen molar-refractivity contribution in [3.8, 4) is 0 Å². The van der Waals surface area contributed by atoms with E-state index in [1.807, 2.05) is 50.2 Å². The van der Waals surface area contributed by atoms with Crippen LogP contribution in [0.25, 0.3) is 0 Å². The van der Waals surface area contributed by atoms with Crippen LogP contribution in [-0.2, 0) is 19.6 Å². The van der Waals surface area contributed by atoms with Gasteiger partial charge in [-0.15, -0.1) is 0 Å². The second kappa shape index (κ2) is 7.20. The highest BCUT2D eigenvalue weighted by Gasteiger charge is 2.11. The molecule has 0 fully saturated rings. The summed E-state index contributed by atoms with van der Waals surface area (Å²) in [4.78, 5) is 11.5. The normalized spacial score (nSPS) is 11.1. The van der Waals surface area contributed by atoms with Gasteiger partial charge < -0.3 is 4.42 Å². The molecule has 0 aliphatic carbocycles. The van der Waals surface area contributed by atoms with Gasteiger partial charge in [-0.25, -0.2) is 0 Å². The second-order valence-corrected chi connectivity index (χ2v) is 5.77. The third-order valence-electron chi connectivity index (χ3n) is 3.62. The first-order chi connectivity index (χ1) is 11.2. The summed E-state index contributed by atoms with van der Waals surface area (Å²) in [5.41, 5.74) is 4.19. The van der Waals surface area contributed by atoms with Crippen molar-refractivity contribution in [2.75, 3.05) is 0 Å². The van der Waals surface area contributed by atoms with Crippen LogP contribution in [0.2, 0.25) is 0 Å². The van der Waals surface area contributed by atoms with Crippen LogP contribution < -0.4 is 0 Å². The molecule has 0 bridgehead atoms. The van der Waals surface area contributed by atoms with Crippen molar-refractivity contribution in [3.63, 3.8) is 0 Å². The Hall–Kier alpha value is -2.46. The van der Waals surface area contributed by atoms with Crippen LogP contribution in [0.3, 0.4) is 0 Å². The first-order valence-electron chi connectivity index (χ1n) is 7.79. The van der Waals surface area contributed by atoms with Crippen LogP contribution in [0.5, 0.6) is 0 Å². The van der Waals surface area contributed by atoms with Gasteiger partial charge in [0, 0.05) is 24.5 Å². The maximum Gasteiger partial charge on any atom is 0.117 e. The number of aromatic nitrogens is 2. The zero-order valence-electron chi connectivity index (χ0n) is 13.6. The molecular weight excluding hydrogens is 286 g/mol. The summed E-state index contributed by atoms with van der Waals surface area (Å²) >= 11 is 0. The topological polar surface area (TPSA) is 42.2 Å². The fraction of sp³-hybridized carbons (Fsp3) is 0.263. The lowest BCUT2D eigenvalue weighted by atomic mass is 10.2. The van der Waals surface area contributed by atoms with Crippen LogP contribution in [0.4, 0.5) is 0 Å². The van der Waals surface area contributed by atoms with Crippen LogP contribution in [-0.4, -0.2) is 14.9 Å². The first-order valence-corrected chi connectivity index (χ1v) is 7.79. The van der Waals surface area contributed by atoms with Crippen LogP contribution in [0, 0.1) is 13.8 Å². The number of hydrogen-bond acceptors (Lipinski definition) is 4. The van der Waals surface area contributed by atoms with Gasteiger partial charge >= 0.3 is 0 Å². The van der Waals surface area contributed by atoms with Gasteiger partial charge in [-0.05, 0) is 50.2 Å². The molecule has 0 saturated heterocycles. The first kappa shape index (κ1) is 15.4. The highest BCUT2D eigenvalue weighted by Crippen LogP contribution is 2.13. The third kappa shape index (κ3) is 4.50. The van der Waals surface area contributed by atoms with E-state index in [-0.39, 0.29) is 0 Å². The standard InChI is InChI=1S/C19H21N3O/c1-15-6-3-8-17(20-15)12-22(14-19-10-5-11-23-19)13-18-9-4-7-16(2)21-18/h3-11H,12-14H2,1-2H3. The van der Waals surface area contributed by atoms with Crippen molar-refractivity contribution in [3.05, 3.63) is 83.3 Å². The molecule has 23 heavy (non-hydrogen) atoms. The summed E-state index contributed by atoms with van der Waals surface area (Å²) in [7, 11) is 0. The third-order valence-corrected chi connectivity index (χ3v) is 3.62. The van der Waals surface area contributed by atoms with Crippen molar-refractivity contribution >= 4 is 0 Å². The smallest absolute Gasteiger partial charge is 0.117 e. The van der Waals surface area contributed by atoms with E-state index in [2.05, 4.69) is 27.0 Å². The van der Waals surface area contributed by atoms with Crippen molar-refractivity contribution < 1.29 is 4.42 Å². The summed E-state index contributed by atoms with van der Waals surface area (Å²) in [5, 5.41) is 0. The Labute approximate surface area is 136 Å². The molecule has 3 heterocycles. The Balaban J connectivity index is 1.78. The second-order valence-electron chi connectivity index (χ2n) is 5.77. The monoisotopic (exact) mass is 307 g/mol. The Bertz CT molecular complexity index is 705. The highest BCUT2D eigenvalue weighted by atomic mass is 16.3. The average Bonchev–Trinajstić information content (AvgIpc) is 3.00. The summed E-state index contributed by atoms with van der Waals surface area (Å²) in [5.74, 6) is 0.949. The van der Waals surface area contributed by atoms with Crippen LogP contribution in [0.15, 0.2) is 59.2 Å². The number of nitrogens with zero attached hydrogens (tertiary/aromatic N) is 3. The molecule has 4 nitrogen and oxygen atoms in total. The number of furan rings is 1. The molecule has 0 radical (unpaired) electrons. The number of hydrogen-bond donors (Lipinski definition) is 0. The van der Waals surface area contributed by atoms with E-state index in [9.17, 15) is 0 Å². The zero-order chi connectivity index (χ0) is 16.1. The number of pyridine rings is 2. The number of rotatable bonds is 6. The van der Waals surface area contributed by atoms with E-state index in [0.717, 1.165) is 48.2 Å². The van der Waals surface area contributed by atoms with Crippen molar-refractivity contribution in [2.24, 2.45) is 0 Å². The van der Waals surface area contributed by atoms with Gasteiger partial charge in [0.25, 0.3) is 0 Å². The van der Waals surface area contributed by atoms with Gasteiger partial charge in [-0.2, -0.15) is 0 Å². The summed E-state index contributed by atoms with van der Waals surface area (Å²) in [6.07, 6.45) is 1.71. The van der Waals surface area contributed by atoms with E-state index < -0.39 is 0 Å². The van der Waals surface area contributed by atoms with Crippen LogP contribution in [0.1, 0.15) is 28.5 Å². The molecule has 0 atom stereocenters. The Morgan fingerprint density at radius 3 is 1.87 bits per heavy atom. The number of aryl methyl sites for hydroxylation is 2. The molecule has 3 aromatic rings. The van der Waals surface area contributed by atoms with E-state index in [4.69, 9.17) is 4.42 Å². The molecule has 4 heteroatoms. The average molecular weight is 307 g/mol. The molecule has 0 aromatic carbocycles. The van der Waals surface area contributed by atoms with E-state index in [1.54, 1.807) is 6.26 Å². The van der Waals surface area contributed by atoms with Gasteiger partial charge in [0.05, 0.1) is 24.2 Å². The van der Waals surface area contributed by atoms with E-state index >= 15 is 0 Å². The summed E-state index contributed by atoms with van der Waals surface area (Å²) in [6.45, 7) is 6.29. The Morgan fingerprint density at radius 2 is 1.39 bits per heavy atom. The lowest BCUT2D eigenvalue weighted by Gasteiger charge is -2.21. The SMILES string of the molecule is Cc1cccc(CN(Cc2cccc(C)n2)Cc2ccco2)n1. The van der Waals surface area contributed by atoms with Crippen LogP contribution >= 0.6 is 0 Å². The molecule has 0 aliphatic heterocycles. The van der Waals surface area contributed by atoms with Crippen molar-refractivity contribution in [2.45, 2.75) is 33.5 Å². The molecular formula is C19H21N3O. The van der Waals surface area contributed by atoms with E-state index in [0.29, 0.717) is 0 Å². The Kier molecular flexibility index (Phi) is 4.83. The van der Waals surface area contributed by atoms with Gasteiger partial charge in [-0.1, -0.05) is 12.1 Å². The predicted molar refractivity (Wildman–Crippen MR) is 89.6 cm³/mol. The highest BCUT2D eigenvalue weighted by molar-refractivity contribution is 5.12. The zero-order valence-corrected chi connectivity index (χ0v) is 13.6. The molecule has 118 valence electrons. The molecule has 0 saturated carbocycles. The largest absolute Gasteiger partial charge is 0.468 e. The van der Waals surface area contributed by atoms with E-state index in [1.165, 1.54) is 0 Å². The fourth-order valence-corrected chi connectivity index (χ4v) is 2.62. The quantitative estimate of drug-likeness (QED) is 0.693. The lowest BCUT2D eigenvalue weighted by Crippen LogP contribution is -2.23. The molecule has 3 aromatic heterocycles. The minimum Gasteiger partial charge on any atom is -0.468 e. The molecule has 0 spiro atoms. The van der Waals surface area contributed by atoms with Gasteiger partial charge in [-0.3, -0.25) is 14.9 Å². The van der Waals surface area contributed by atoms with Crippen molar-refractivity contribution in [1.82, 2.24) is 14.9 Å². The molecule has 0 aliphatic rings. The molecule has 0 N–H and O–H groups in total. The minimum atomic E-state index is 0.734.